The molecule has 1 nitrogen and oxygen atoms in total. The fraction of sp³-hybridized carbons (Fsp3) is 0.684. The van der Waals surface area contributed by atoms with Gasteiger partial charge >= 0.3 is 0 Å². The maximum atomic E-state index is 3.68. The minimum absolute atomic E-state index is 0.187. The summed E-state index contributed by atoms with van der Waals surface area (Å²) in [7, 11) is 0. The van der Waals surface area contributed by atoms with Crippen molar-refractivity contribution in [3.63, 3.8) is 0 Å². The number of rotatable bonds is 9. The molecule has 1 aromatic rings. The van der Waals surface area contributed by atoms with Gasteiger partial charge in [0.05, 0.1) is 0 Å². The van der Waals surface area contributed by atoms with Crippen LogP contribution in [0, 0.1) is 0 Å². The molecule has 1 N–H and O–H groups in total. The average molecular weight is 354 g/mol. The number of hydrogen-bond donors (Lipinski definition) is 1. The summed E-state index contributed by atoms with van der Waals surface area (Å²) in [6.45, 7) is 10.1. The molecular formula is C19H32BrN. The predicted molar refractivity (Wildman–Crippen MR) is 98.0 cm³/mol. The third-order valence-corrected chi connectivity index (χ3v) is 4.35. The quantitative estimate of drug-likeness (QED) is 0.515. The molecule has 0 saturated heterocycles. The van der Waals surface area contributed by atoms with Crippen molar-refractivity contribution < 1.29 is 0 Å². The van der Waals surface area contributed by atoms with Crippen molar-refractivity contribution in [3.05, 3.63) is 34.3 Å². The summed E-state index contributed by atoms with van der Waals surface area (Å²) in [4.78, 5) is 0. The van der Waals surface area contributed by atoms with E-state index in [1.54, 1.807) is 0 Å². The Morgan fingerprint density at radius 2 is 1.81 bits per heavy atom. The van der Waals surface area contributed by atoms with Crippen molar-refractivity contribution in [2.24, 2.45) is 0 Å². The van der Waals surface area contributed by atoms with E-state index in [-0.39, 0.29) is 5.54 Å². The number of unbranched alkanes of at least 4 members (excludes halogenated alkanes) is 4. The van der Waals surface area contributed by atoms with Crippen LogP contribution >= 0.6 is 15.9 Å². The Kier molecular flexibility index (Phi) is 8.58. The van der Waals surface area contributed by atoms with Gasteiger partial charge in [-0.05, 0) is 50.8 Å². The molecule has 0 spiro atoms. The minimum Gasteiger partial charge on any atom is -0.311 e. The van der Waals surface area contributed by atoms with E-state index in [9.17, 15) is 0 Å². The Morgan fingerprint density at radius 1 is 1.10 bits per heavy atom. The van der Waals surface area contributed by atoms with E-state index >= 15 is 0 Å². The second-order valence-corrected chi connectivity index (χ2v) is 8.00. The van der Waals surface area contributed by atoms with E-state index in [2.05, 4.69) is 73.2 Å². The van der Waals surface area contributed by atoms with E-state index in [0.717, 1.165) is 6.54 Å². The van der Waals surface area contributed by atoms with E-state index in [4.69, 9.17) is 0 Å². The van der Waals surface area contributed by atoms with Crippen LogP contribution in [-0.4, -0.2) is 12.1 Å². The van der Waals surface area contributed by atoms with Crippen LogP contribution in [-0.2, 0) is 0 Å². The minimum atomic E-state index is 0.187. The maximum absolute atomic E-state index is 3.68. The summed E-state index contributed by atoms with van der Waals surface area (Å²) in [5.74, 6) is 0.614. The Hall–Kier alpha value is -0.340. The van der Waals surface area contributed by atoms with Gasteiger partial charge in [0, 0.05) is 16.6 Å². The van der Waals surface area contributed by atoms with E-state index in [1.807, 2.05) is 0 Å². The van der Waals surface area contributed by atoms with Crippen LogP contribution < -0.4 is 5.32 Å². The van der Waals surface area contributed by atoms with Crippen LogP contribution in [0.5, 0.6) is 0 Å². The summed E-state index contributed by atoms with van der Waals surface area (Å²) < 4.78 is 1.19. The molecule has 0 amide bonds. The highest BCUT2D eigenvalue weighted by atomic mass is 79.9. The number of hydrogen-bond acceptors (Lipinski definition) is 1. The van der Waals surface area contributed by atoms with Crippen LogP contribution in [0.25, 0.3) is 0 Å². The van der Waals surface area contributed by atoms with Crippen molar-refractivity contribution in [3.8, 4) is 0 Å². The summed E-state index contributed by atoms with van der Waals surface area (Å²) in [5, 5.41) is 3.68. The first-order valence-electron chi connectivity index (χ1n) is 8.43. The largest absolute Gasteiger partial charge is 0.311 e. The molecule has 1 atom stereocenters. The topological polar surface area (TPSA) is 12.0 Å². The molecule has 120 valence electrons. The molecule has 0 aromatic heterocycles. The first-order valence-corrected chi connectivity index (χ1v) is 9.22. The predicted octanol–water partition coefficient (Wildman–Crippen LogP) is 6.28. The zero-order valence-electron chi connectivity index (χ0n) is 14.2. The number of benzene rings is 1. The normalized spacial score (nSPS) is 13.4. The lowest BCUT2D eigenvalue weighted by Crippen LogP contribution is -2.38. The van der Waals surface area contributed by atoms with Gasteiger partial charge in [-0.2, -0.15) is 0 Å². The molecule has 21 heavy (non-hydrogen) atoms. The van der Waals surface area contributed by atoms with Gasteiger partial charge in [-0.15, -0.1) is 0 Å². The molecule has 0 heterocycles. The van der Waals surface area contributed by atoms with Crippen molar-refractivity contribution in [2.45, 2.75) is 77.7 Å². The van der Waals surface area contributed by atoms with Crippen LogP contribution in [0.3, 0.4) is 0 Å². The Balaban J connectivity index is 2.57. The first kappa shape index (κ1) is 18.7. The Bertz CT molecular complexity index is 395. The van der Waals surface area contributed by atoms with Gasteiger partial charge in [-0.3, -0.25) is 0 Å². The smallest absolute Gasteiger partial charge is 0.0178 e. The molecule has 0 saturated carbocycles. The fourth-order valence-corrected chi connectivity index (χ4v) is 2.99. The SMILES string of the molecule is CCCCCCCC(CNC(C)(C)C)c1cccc(Br)c1. The molecular weight excluding hydrogens is 322 g/mol. The molecule has 0 aliphatic carbocycles. The van der Waals surface area contributed by atoms with Crippen molar-refractivity contribution in [1.82, 2.24) is 5.32 Å². The highest BCUT2D eigenvalue weighted by Crippen LogP contribution is 2.25. The molecule has 0 aliphatic heterocycles. The van der Waals surface area contributed by atoms with Gasteiger partial charge in [-0.25, -0.2) is 0 Å². The molecule has 0 bridgehead atoms. The van der Waals surface area contributed by atoms with Crippen molar-refractivity contribution >= 4 is 15.9 Å². The summed E-state index contributed by atoms with van der Waals surface area (Å²) >= 11 is 3.60. The van der Waals surface area contributed by atoms with Crippen LogP contribution in [0.1, 0.15) is 77.7 Å². The second-order valence-electron chi connectivity index (χ2n) is 7.09. The molecule has 1 unspecified atom stereocenters. The first-order chi connectivity index (χ1) is 9.92. The summed E-state index contributed by atoms with van der Waals surface area (Å²) in [6, 6.07) is 8.81. The lowest BCUT2D eigenvalue weighted by Gasteiger charge is -2.26. The van der Waals surface area contributed by atoms with Gasteiger partial charge in [0.2, 0.25) is 0 Å². The van der Waals surface area contributed by atoms with Crippen molar-refractivity contribution in [2.75, 3.05) is 6.54 Å². The fourth-order valence-electron chi connectivity index (χ4n) is 2.57. The molecule has 2 heteroatoms. The zero-order chi connectivity index (χ0) is 15.7. The third-order valence-electron chi connectivity index (χ3n) is 3.86. The van der Waals surface area contributed by atoms with Crippen LogP contribution in [0.15, 0.2) is 28.7 Å². The van der Waals surface area contributed by atoms with Gasteiger partial charge in [0.25, 0.3) is 0 Å². The maximum Gasteiger partial charge on any atom is 0.0178 e. The molecule has 1 aromatic carbocycles. The summed E-state index contributed by atoms with van der Waals surface area (Å²) in [5.41, 5.74) is 1.64. The number of nitrogens with one attached hydrogen (secondary N) is 1. The highest BCUT2D eigenvalue weighted by molar-refractivity contribution is 9.10. The lowest BCUT2D eigenvalue weighted by atomic mass is 9.92. The standard InChI is InChI=1S/C19H32BrN/c1-5-6-7-8-9-11-17(15-21-19(2,3)4)16-12-10-13-18(20)14-16/h10,12-14,17,21H,5-9,11,15H2,1-4H3. The zero-order valence-corrected chi connectivity index (χ0v) is 15.8. The lowest BCUT2D eigenvalue weighted by molar-refractivity contribution is 0.393. The Labute approximate surface area is 140 Å². The van der Waals surface area contributed by atoms with Gasteiger partial charge in [0.15, 0.2) is 0 Å². The van der Waals surface area contributed by atoms with Gasteiger partial charge in [-0.1, -0.05) is 67.1 Å². The molecule has 0 fully saturated rings. The highest BCUT2D eigenvalue weighted by Gasteiger charge is 2.16. The van der Waals surface area contributed by atoms with Crippen molar-refractivity contribution in [1.29, 1.82) is 0 Å². The average Bonchev–Trinajstić information content (AvgIpc) is 2.40. The third kappa shape index (κ3) is 8.63. The second kappa shape index (κ2) is 9.63. The molecule has 0 aliphatic rings. The van der Waals surface area contributed by atoms with Crippen LogP contribution in [0.4, 0.5) is 0 Å². The Morgan fingerprint density at radius 3 is 2.43 bits per heavy atom. The monoisotopic (exact) mass is 353 g/mol. The number of halogens is 1. The molecule has 1 rings (SSSR count). The summed E-state index contributed by atoms with van der Waals surface area (Å²) in [6.07, 6.45) is 8.07. The van der Waals surface area contributed by atoms with E-state index in [0.29, 0.717) is 5.92 Å². The van der Waals surface area contributed by atoms with E-state index < -0.39 is 0 Å². The van der Waals surface area contributed by atoms with Gasteiger partial charge < -0.3 is 5.32 Å². The molecule has 0 radical (unpaired) electrons. The van der Waals surface area contributed by atoms with Gasteiger partial charge in [0.1, 0.15) is 0 Å². The van der Waals surface area contributed by atoms with E-state index in [1.165, 1.54) is 48.6 Å². The van der Waals surface area contributed by atoms with Crippen LogP contribution in [0.2, 0.25) is 0 Å².